The molecular formula is C11H11F2NO6S. The summed E-state index contributed by atoms with van der Waals surface area (Å²) in [5.41, 5.74) is 0. The summed E-state index contributed by atoms with van der Waals surface area (Å²) in [6.45, 7) is 1.15. The fourth-order valence-corrected chi connectivity index (χ4v) is 3.11. The Morgan fingerprint density at radius 3 is 2.57 bits per heavy atom. The van der Waals surface area contributed by atoms with Crippen molar-refractivity contribution in [2.75, 3.05) is 7.05 Å². The van der Waals surface area contributed by atoms with Crippen molar-refractivity contribution in [3.05, 3.63) is 18.2 Å². The van der Waals surface area contributed by atoms with Crippen molar-refractivity contribution in [1.29, 1.82) is 0 Å². The van der Waals surface area contributed by atoms with Crippen LogP contribution in [0.2, 0.25) is 0 Å². The van der Waals surface area contributed by atoms with Crippen LogP contribution in [0.1, 0.15) is 6.92 Å². The van der Waals surface area contributed by atoms with E-state index in [1.54, 1.807) is 0 Å². The molecule has 1 atom stereocenters. The van der Waals surface area contributed by atoms with E-state index in [0.717, 1.165) is 26.1 Å². The van der Waals surface area contributed by atoms with Gasteiger partial charge >= 0.3 is 12.3 Å². The normalized spacial score (nSPS) is 17.8. The Kier molecular flexibility index (Phi) is 3.54. The number of carbonyl (C=O) groups is 1. The predicted molar refractivity (Wildman–Crippen MR) is 64.7 cm³/mol. The van der Waals surface area contributed by atoms with Gasteiger partial charge in [-0.3, -0.25) is 4.79 Å². The van der Waals surface area contributed by atoms with Gasteiger partial charge in [0.15, 0.2) is 11.5 Å². The highest BCUT2D eigenvalue weighted by atomic mass is 32.2. The molecule has 21 heavy (non-hydrogen) atoms. The molecule has 7 nitrogen and oxygen atoms in total. The molecule has 0 bridgehead atoms. The first-order valence-corrected chi connectivity index (χ1v) is 7.10. The molecule has 2 rings (SSSR count). The highest BCUT2D eigenvalue weighted by molar-refractivity contribution is 7.89. The molecule has 0 aliphatic carbocycles. The van der Waals surface area contributed by atoms with Gasteiger partial charge in [0.1, 0.15) is 10.9 Å². The van der Waals surface area contributed by atoms with E-state index in [2.05, 4.69) is 9.47 Å². The third-order valence-corrected chi connectivity index (χ3v) is 4.90. The maximum atomic E-state index is 13.0. The van der Waals surface area contributed by atoms with Gasteiger partial charge in [-0.1, -0.05) is 6.07 Å². The van der Waals surface area contributed by atoms with Crippen molar-refractivity contribution in [2.24, 2.45) is 0 Å². The number of aliphatic carboxylic acids is 1. The summed E-state index contributed by atoms with van der Waals surface area (Å²) in [5.74, 6) is -2.46. The molecule has 1 aliphatic rings. The molecule has 0 spiro atoms. The van der Waals surface area contributed by atoms with E-state index in [1.165, 1.54) is 6.07 Å². The number of hydrogen-bond donors (Lipinski definition) is 1. The van der Waals surface area contributed by atoms with Crippen LogP contribution in [0.4, 0.5) is 8.78 Å². The van der Waals surface area contributed by atoms with Gasteiger partial charge in [0.05, 0.1) is 0 Å². The Morgan fingerprint density at radius 2 is 2.00 bits per heavy atom. The number of carboxylic acid groups (broad SMARTS) is 1. The summed E-state index contributed by atoms with van der Waals surface area (Å²) in [7, 11) is -3.32. The lowest BCUT2D eigenvalue weighted by atomic mass is 10.3. The van der Waals surface area contributed by atoms with Gasteiger partial charge in [-0.2, -0.15) is 4.31 Å². The third kappa shape index (κ3) is 2.63. The molecule has 0 amide bonds. The average molecular weight is 323 g/mol. The number of carboxylic acids is 1. The number of rotatable bonds is 4. The van der Waals surface area contributed by atoms with Gasteiger partial charge in [-0.05, 0) is 19.1 Å². The third-order valence-electron chi connectivity index (χ3n) is 2.95. The van der Waals surface area contributed by atoms with Gasteiger partial charge in [-0.15, -0.1) is 8.78 Å². The summed E-state index contributed by atoms with van der Waals surface area (Å²) in [5, 5.41) is 8.86. The first-order chi connectivity index (χ1) is 9.56. The summed E-state index contributed by atoms with van der Waals surface area (Å²) in [4.78, 5) is 10.3. The maximum absolute atomic E-state index is 13.0. The smallest absolute Gasteiger partial charge is 0.480 e. The number of hydrogen-bond acceptors (Lipinski definition) is 5. The Labute approximate surface area is 118 Å². The second-order valence-electron chi connectivity index (χ2n) is 4.29. The highest BCUT2D eigenvalue weighted by Gasteiger charge is 2.46. The molecule has 0 saturated heterocycles. The van der Waals surface area contributed by atoms with Gasteiger partial charge < -0.3 is 14.6 Å². The van der Waals surface area contributed by atoms with Crippen molar-refractivity contribution in [2.45, 2.75) is 24.2 Å². The second kappa shape index (κ2) is 4.81. The number of benzene rings is 1. The molecule has 1 N–H and O–H groups in total. The molecule has 1 unspecified atom stereocenters. The van der Waals surface area contributed by atoms with Crippen LogP contribution in [0.3, 0.4) is 0 Å². The number of nitrogens with zero attached hydrogens (tertiary/aromatic N) is 1. The number of ether oxygens (including phenoxy) is 2. The summed E-state index contributed by atoms with van der Waals surface area (Å²) in [6.07, 6.45) is -3.97. The molecule has 1 heterocycles. The van der Waals surface area contributed by atoms with Crippen LogP contribution in [0, 0.1) is 0 Å². The van der Waals surface area contributed by atoms with Crippen molar-refractivity contribution in [3.8, 4) is 11.5 Å². The Balaban J connectivity index is 2.49. The maximum Gasteiger partial charge on any atom is 0.586 e. The number of likely N-dealkylation sites (N-methyl/N-ethyl adjacent to an activating group) is 1. The topological polar surface area (TPSA) is 93.1 Å². The van der Waals surface area contributed by atoms with E-state index in [9.17, 15) is 22.0 Å². The lowest BCUT2D eigenvalue weighted by Gasteiger charge is -2.21. The van der Waals surface area contributed by atoms with Crippen LogP contribution in [-0.4, -0.2) is 43.2 Å². The number of halogens is 2. The van der Waals surface area contributed by atoms with Crippen LogP contribution < -0.4 is 9.47 Å². The zero-order valence-electron chi connectivity index (χ0n) is 10.9. The fraction of sp³-hybridized carbons (Fsp3) is 0.364. The average Bonchev–Trinajstić information content (AvgIpc) is 2.69. The number of sulfonamides is 1. The molecule has 0 saturated carbocycles. The van der Waals surface area contributed by atoms with E-state index in [1.807, 2.05) is 0 Å². The summed E-state index contributed by atoms with van der Waals surface area (Å²) in [6, 6.07) is 1.96. The van der Waals surface area contributed by atoms with Crippen LogP contribution >= 0.6 is 0 Å². The van der Waals surface area contributed by atoms with E-state index in [-0.39, 0.29) is 0 Å². The van der Waals surface area contributed by atoms with Gasteiger partial charge in [0.2, 0.25) is 10.0 Å². The van der Waals surface area contributed by atoms with Crippen molar-refractivity contribution >= 4 is 16.0 Å². The Morgan fingerprint density at radius 1 is 1.38 bits per heavy atom. The molecule has 1 aromatic rings. The number of fused-ring (bicyclic) bond motifs is 1. The number of para-hydroxylation sites is 1. The van der Waals surface area contributed by atoms with Gasteiger partial charge in [0, 0.05) is 7.05 Å². The van der Waals surface area contributed by atoms with Gasteiger partial charge in [0.25, 0.3) is 0 Å². The van der Waals surface area contributed by atoms with Crippen molar-refractivity contribution < 1.29 is 36.6 Å². The lowest BCUT2D eigenvalue weighted by molar-refractivity contribution is -0.287. The zero-order valence-corrected chi connectivity index (χ0v) is 11.7. The quantitative estimate of drug-likeness (QED) is 0.892. The minimum absolute atomic E-state index is 0.433. The minimum atomic E-state index is -4.34. The standard InChI is InChI=1S/C11H11F2NO6S/c1-6(10(15)16)14(2)21(17,18)8-5-3-4-7-9(8)20-11(12,13)19-7/h3-6H,1-2H3,(H,15,16). The Hall–Kier alpha value is -1.94. The van der Waals surface area contributed by atoms with Crippen molar-refractivity contribution in [3.63, 3.8) is 0 Å². The Bertz CT molecular complexity index is 690. The van der Waals surface area contributed by atoms with Crippen LogP contribution in [-0.2, 0) is 14.8 Å². The first-order valence-electron chi connectivity index (χ1n) is 5.66. The van der Waals surface area contributed by atoms with Gasteiger partial charge in [-0.25, -0.2) is 8.42 Å². The minimum Gasteiger partial charge on any atom is -0.480 e. The molecule has 0 radical (unpaired) electrons. The largest absolute Gasteiger partial charge is 0.586 e. The fourth-order valence-electron chi connectivity index (χ4n) is 1.67. The van der Waals surface area contributed by atoms with Crippen LogP contribution in [0.5, 0.6) is 11.5 Å². The predicted octanol–water partition coefficient (Wildman–Crippen LogP) is 1.10. The van der Waals surface area contributed by atoms with Crippen LogP contribution in [0.15, 0.2) is 23.1 Å². The monoisotopic (exact) mass is 323 g/mol. The van der Waals surface area contributed by atoms with E-state index >= 15 is 0 Å². The molecular weight excluding hydrogens is 312 g/mol. The molecule has 1 aromatic carbocycles. The lowest BCUT2D eigenvalue weighted by Crippen LogP contribution is -2.40. The molecule has 0 aromatic heterocycles. The molecule has 1 aliphatic heterocycles. The van der Waals surface area contributed by atoms with E-state index < -0.39 is 44.7 Å². The molecule has 0 fully saturated rings. The van der Waals surface area contributed by atoms with E-state index in [0.29, 0.717) is 4.31 Å². The van der Waals surface area contributed by atoms with E-state index in [4.69, 9.17) is 5.11 Å². The van der Waals surface area contributed by atoms with Crippen molar-refractivity contribution in [1.82, 2.24) is 4.31 Å². The SMILES string of the molecule is CC(C(=O)O)N(C)S(=O)(=O)c1cccc2c1OC(F)(F)O2. The first kappa shape index (κ1) is 15.4. The number of alkyl halides is 2. The zero-order chi connectivity index (χ0) is 16.0. The molecule has 116 valence electrons. The molecule has 10 heteroatoms. The summed E-state index contributed by atoms with van der Waals surface area (Å²) >= 11 is 0. The second-order valence-corrected chi connectivity index (χ2v) is 6.25. The van der Waals surface area contributed by atoms with Crippen LogP contribution in [0.25, 0.3) is 0 Å². The summed E-state index contributed by atoms with van der Waals surface area (Å²) < 4.78 is 59.7. The highest BCUT2D eigenvalue weighted by Crippen LogP contribution is 2.45.